The van der Waals surface area contributed by atoms with E-state index >= 15 is 0 Å². The molecule has 6 nitrogen and oxygen atoms in total. The highest BCUT2D eigenvalue weighted by Crippen LogP contribution is 2.26. The molecule has 0 bridgehead atoms. The van der Waals surface area contributed by atoms with E-state index in [4.69, 9.17) is 5.84 Å². The smallest absolute Gasteiger partial charge is 0.180 e. The zero-order chi connectivity index (χ0) is 12.5. The first-order chi connectivity index (χ1) is 8.78. The molecule has 0 amide bonds. The lowest BCUT2D eigenvalue weighted by molar-refractivity contribution is 0.769. The Morgan fingerprint density at radius 1 is 1.56 bits per heavy atom. The molecule has 1 aliphatic heterocycles. The van der Waals surface area contributed by atoms with Gasteiger partial charge in [-0.15, -0.1) is 0 Å². The molecule has 0 saturated carbocycles. The Hall–Kier alpha value is -1.47. The number of aromatic nitrogens is 3. The van der Waals surface area contributed by atoms with Crippen molar-refractivity contribution in [1.29, 1.82) is 0 Å². The van der Waals surface area contributed by atoms with Gasteiger partial charge in [-0.2, -0.15) is 11.8 Å². The van der Waals surface area contributed by atoms with Gasteiger partial charge in [0.25, 0.3) is 0 Å². The van der Waals surface area contributed by atoms with E-state index in [0.717, 1.165) is 30.3 Å². The number of nitrogens with two attached hydrogens (primary N) is 1. The van der Waals surface area contributed by atoms with E-state index < -0.39 is 0 Å². The van der Waals surface area contributed by atoms with Crippen LogP contribution in [0.5, 0.6) is 0 Å². The Labute approximate surface area is 110 Å². The first-order valence-electron chi connectivity index (χ1n) is 5.95. The molecular weight excluding hydrogens is 248 g/mol. The average Bonchev–Trinajstić information content (AvgIpc) is 2.85. The molecule has 3 N–H and O–H groups in total. The van der Waals surface area contributed by atoms with E-state index in [0.29, 0.717) is 11.1 Å². The highest BCUT2D eigenvalue weighted by molar-refractivity contribution is 8.00. The normalized spacial score (nSPS) is 20.3. The zero-order valence-electron chi connectivity index (χ0n) is 10.2. The largest absolute Gasteiger partial charge is 0.352 e. The van der Waals surface area contributed by atoms with E-state index in [1.807, 2.05) is 28.6 Å². The van der Waals surface area contributed by atoms with Crippen LogP contribution in [0.15, 0.2) is 18.6 Å². The third-order valence-electron chi connectivity index (χ3n) is 3.04. The van der Waals surface area contributed by atoms with Gasteiger partial charge in [0, 0.05) is 36.5 Å². The number of hydrogen-bond donors (Lipinski definition) is 2. The molecule has 1 saturated heterocycles. The summed E-state index contributed by atoms with van der Waals surface area (Å²) in [6.45, 7) is 4.23. The Bertz CT molecular complexity index is 553. The third kappa shape index (κ3) is 1.99. The van der Waals surface area contributed by atoms with Crippen molar-refractivity contribution in [3.63, 3.8) is 0 Å². The molecule has 96 valence electrons. The second kappa shape index (κ2) is 4.66. The Morgan fingerprint density at radius 3 is 3.22 bits per heavy atom. The third-order valence-corrected chi connectivity index (χ3v) is 4.18. The van der Waals surface area contributed by atoms with Gasteiger partial charge in [0.15, 0.2) is 17.3 Å². The van der Waals surface area contributed by atoms with E-state index in [-0.39, 0.29) is 0 Å². The molecule has 2 aromatic heterocycles. The Morgan fingerprint density at radius 2 is 2.44 bits per heavy atom. The maximum absolute atomic E-state index is 5.47. The van der Waals surface area contributed by atoms with Crippen LogP contribution < -0.4 is 16.2 Å². The lowest BCUT2D eigenvalue weighted by atomic mass is 10.3. The van der Waals surface area contributed by atoms with Crippen molar-refractivity contribution < 1.29 is 0 Å². The summed E-state index contributed by atoms with van der Waals surface area (Å²) in [5, 5.41) is 0.616. The molecule has 0 aromatic carbocycles. The number of hydrazine groups is 1. The van der Waals surface area contributed by atoms with Gasteiger partial charge in [0.2, 0.25) is 0 Å². The number of nitrogen functional groups attached to an aromatic ring is 1. The molecule has 18 heavy (non-hydrogen) atoms. The van der Waals surface area contributed by atoms with Crippen LogP contribution in [0.3, 0.4) is 0 Å². The minimum atomic E-state index is 0.616. The van der Waals surface area contributed by atoms with Crippen LogP contribution in [-0.4, -0.2) is 38.5 Å². The lowest BCUT2D eigenvalue weighted by Gasteiger charge is -2.31. The maximum atomic E-state index is 5.47. The monoisotopic (exact) mass is 264 g/mol. The van der Waals surface area contributed by atoms with E-state index in [2.05, 4.69) is 27.2 Å². The Balaban J connectivity index is 2.05. The molecule has 0 radical (unpaired) electrons. The van der Waals surface area contributed by atoms with E-state index in [9.17, 15) is 0 Å². The molecule has 7 heteroatoms. The van der Waals surface area contributed by atoms with Crippen LogP contribution in [-0.2, 0) is 0 Å². The Kier molecular flexibility index (Phi) is 3.00. The molecular formula is C11H16N6S. The average molecular weight is 264 g/mol. The van der Waals surface area contributed by atoms with Gasteiger partial charge in [-0.25, -0.2) is 15.8 Å². The predicted octanol–water partition coefficient (Wildman–Crippen LogP) is 0.957. The minimum Gasteiger partial charge on any atom is -0.352 e. The lowest BCUT2D eigenvalue weighted by Crippen LogP contribution is -2.37. The summed E-state index contributed by atoms with van der Waals surface area (Å²) in [6, 6.07) is 0. The molecule has 2 aromatic rings. The number of rotatable bonds is 2. The molecule has 0 spiro atoms. The van der Waals surface area contributed by atoms with Gasteiger partial charge in [0.1, 0.15) is 0 Å². The van der Waals surface area contributed by atoms with Crippen LogP contribution in [0, 0.1) is 0 Å². The fourth-order valence-corrected chi connectivity index (χ4v) is 3.22. The molecule has 1 fully saturated rings. The molecule has 3 heterocycles. The van der Waals surface area contributed by atoms with Gasteiger partial charge in [-0.05, 0) is 0 Å². The van der Waals surface area contributed by atoms with Gasteiger partial charge >= 0.3 is 0 Å². The number of thioether (sulfide) groups is 1. The van der Waals surface area contributed by atoms with Gasteiger partial charge in [0.05, 0.1) is 6.20 Å². The van der Waals surface area contributed by atoms with Gasteiger partial charge in [-0.3, -0.25) is 0 Å². The maximum Gasteiger partial charge on any atom is 0.180 e. The van der Waals surface area contributed by atoms with Crippen molar-refractivity contribution in [3.05, 3.63) is 18.6 Å². The summed E-state index contributed by atoms with van der Waals surface area (Å²) in [6.07, 6.45) is 5.53. The number of imidazole rings is 1. The van der Waals surface area contributed by atoms with Crippen molar-refractivity contribution >= 4 is 29.0 Å². The highest BCUT2D eigenvalue weighted by Gasteiger charge is 2.21. The number of anilines is 2. The summed E-state index contributed by atoms with van der Waals surface area (Å²) in [4.78, 5) is 11.2. The first-order valence-corrected chi connectivity index (χ1v) is 6.99. The molecule has 1 atom stereocenters. The quantitative estimate of drug-likeness (QED) is 0.622. The van der Waals surface area contributed by atoms with Crippen LogP contribution in [0.25, 0.3) is 5.65 Å². The van der Waals surface area contributed by atoms with E-state index in [1.54, 1.807) is 6.20 Å². The van der Waals surface area contributed by atoms with Crippen molar-refractivity contribution in [3.8, 4) is 0 Å². The van der Waals surface area contributed by atoms with Crippen LogP contribution in [0.1, 0.15) is 6.92 Å². The summed E-state index contributed by atoms with van der Waals surface area (Å²) in [7, 11) is 0. The standard InChI is InChI=1S/C11H16N6S/c1-8-6-17(4-5-18-8)11-10-13-2-3-16(10)7-9(14-11)15-12/h2-3,7-8,15H,4-6,12H2,1H3. The highest BCUT2D eigenvalue weighted by atomic mass is 32.2. The van der Waals surface area contributed by atoms with Crippen LogP contribution >= 0.6 is 11.8 Å². The minimum absolute atomic E-state index is 0.616. The first kappa shape index (κ1) is 11.6. The van der Waals surface area contributed by atoms with Crippen molar-refractivity contribution in [2.24, 2.45) is 5.84 Å². The number of nitrogens with zero attached hydrogens (tertiary/aromatic N) is 4. The van der Waals surface area contributed by atoms with Crippen molar-refractivity contribution in [2.45, 2.75) is 12.2 Å². The fourth-order valence-electron chi connectivity index (χ4n) is 2.21. The molecule has 3 rings (SSSR count). The van der Waals surface area contributed by atoms with Crippen molar-refractivity contribution in [2.75, 3.05) is 29.2 Å². The fraction of sp³-hybridized carbons (Fsp3) is 0.455. The number of nitrogens with one attached hydrogen (secondary N) is 1. The molecule has 1 unspecified atom stereocenters. The van der Waals surface area contributed by atoms with Crippen LogP contribution in [0.2, 0.25) is 0 Å². The van der Waals surface area contributed by atoms with Gasteiger partial charge < -0.3 is 14.7 Å². The summed E-state index contributed by atoms with van der Waals surface area (Å²) < 4.78 is 1.95. The topological polar surface area (TPSA) is 71.5 Å². The second-order valence-electron chi connectivity index (χ2n) is 4.38. The van der Waals surface area contributed by atoms with E-state index in [1.165, 1.54) is 0 Å². The SMILES string of the molecule is CC1CN(c2nc(NN)cn3ccnc23)CCS1. The van der Waals surface area contributed by atoms with Crippen LogP contribution in [0.4, 0.5) is 11.6 Å². The summed E-state index contributed by atoms with van der Waals surface area (Å²) >= 11 is 2.00. The summed E-state index contributed by atoms with van der Waals surface area (Å²) in [5.41, 5.74) is 3.49. The zero-order valence-corrected chi connectivity index (χ0v) is 11.0. The second-order valence-corrected chi connectivity index (χ2v) is 5.93. The molecule has 1 aliphatic rings. The number of fused-ring (bicyclic) bond motifs is 1. The van der Waals surface area contributed by atoms with Gasteiger partial charge in [-0.1, -0.05) is 6.92 Å². The molecule has 0 aliphatic carbocycles. The van der Waals surface area contributed by atoms with Crippen molar-refractivity contribution in [1.82, 2.24) is 14.4 Å². The summed E-state index contributed by atoms with van der Waals surface area (Å²) in [5.74, 6) is 8.15. The predicted molar refractivity (Wildman–Crippen MR) is 74.9 cm³/mol. The number of hydrogen-bond acceptors (Lipinski definition) is 6.